The molecule has 0 bridgehead atoms. The summed E-state index contributed by atoms with van der Waals surface area (Å²) < 4.78 is 4.98. The Balaban J connectivity index is 2.17. The van der Waals surface area contributed by atoms with Crippen LogP contribution in [0, 0.1) is 0 Å². The van der Waals surface area contributed by atoms with E-state index in [1.807, 2.05) is 0 Å². The molecule has 0 radical (unpaired) electrons. The van der Waals surface area contributed by atoms with E-state index in [9.17, 15) is 4.79 Å². The predicted octanol–water partition coefficient (Wildman–Crippen LogP) is -0.240. The second kappa shape index (κ2) is 3.59. The molecular formula is C8H10N4O2. The smallest absolute Gasteiger partial charge is 0.416 e. The SMILES string of the molecule is NCC1CN(c2ccncn2)C(=O)O1. The van der Waals surface area contributed by atoms with Crippen LogP contribution < -0.4 is 10.6 Å². The molecule has 1 fully saturated rings. The van der Waals surface area contributed by atoms with Gasteiger partial charge in [0, 0.05) is 12.7 Å². The zero-order valence-electron chi connectivity index (χ0n) is 7.46. The molecule has 1 unspecified atom stereocenters. The van der Waals surface area contributed by atoms with Gasteiger partial charge in [0.15, 0.2) is 0 Å². The van der Waals surface area contributed by atoms with E-state index in [0.717, 1.165) is 0 Å². The van der Waals surface area contributed by atoms with Crippen LogP contribution in [0.15, 0.2) is 18.6 Å². The largest absolute Gasteiger partial charge is 0.443 e. The molecule has 0 saturated carbocycles. The Morgan fingerprint density at radius 1 is 1.71 bits per heavy atom. The van der Waals surface area contributed by atoms with Gasteiger partial charge in [-0.25, -0.2) is 14.8 Å². The van der Waals surface area contributed by atoms with E-state index < -0.39 is 6.09 Å². The summed E-state index contributed by atoms with van der Waals surface area (Å²) in [5.41, 5.74) is 5.40. The third-order valence-corrected chi connectivity index (χ3v) is 1.98. The van der Waals surface area contributed by atoms with Gasteiger partial charge in [0.1, 0.15) is 18.2 Å². The highest BCUT2D eigenvalue weighted by atomic mass is 16.6. The Bertz CT molecular complexity index is 329. The lowest BCUT2D eigenvalue weighted by molar-refractivity contribution is 0.145. The summed E-state index contributed by atoms with van der Waals surface area (Å²) in [7, 11) is 0. The molecule has 0 spiro atoms. The first-order chi connectivity index (χ1) is 6.81. The fraction of sp³-hybridized carbons (Fsp3) is 0.375. The van der Waals surface area contributed by atoms with Gasteiger partial charge in [-0.3, -0.25) is 4.90 Å². The minimum atomic E-state index is -0.404. The van der Waals surface area contributed by atoms with Crippen molar-refractivity contribution in [3.05, 3.63) is 18.6 Å². The lowest BCUT2D eigenvalue weighted by Crippen LogP contribution is -2.28. The van der Waals surface area contributed by atoms with E-state index in [4.69, 9.17) is 10.5 Å². The van der Waals surface area contributed by atoms with E-state index in [1.54, 1.807) is 12.3 Å². The third-order valence-electron chi connectivity index (χ3n) is 1.98. The molecule has 1 aliphatic heterocycles. The quantitative estimate of drug-likeness (QED) is 0.702. The maximum Gasteiger partial charge on any atom is 0.416 e. The van der Waals surface area contributed by atoms with E-state index in [1.165, 1.54) is 11.2 Å². The Morgan fingerprint density at radius 2 is 2.57 bits per heavy atom. The maximum absolute atomic E-state index is 11.3. The van der Waals surface area contributed by atoms with Crippen LogP contribution in [0.25, 0.3) is 0 Å². The zero-order chi connectivity index (χ0) is 9.97. The molecule has 2 heterocycles. The average Bonchev–Trinajstić information content (AvgIpc) is 2.61. The van der Waals surface area contributed by atoms with Gasteiger partial charge in [-0.15, -0.1) is 0 Å². The molecule has 1 aromatic rings. The Labute approximate surface area is 80.7 Å². The van der Waals surface area contributed by atoms with Gasteiger partial charge in [0.05, 0.1) is 6.54 Å². The number of hydrogen-bond donors (Lipinski definition) is 1. The Kier molecular flexibility index (Phi) is 2.28. The van der Waals surface area contributed by atoms with Crippen molar-refractivity contribution in [3.63, 3.8) is 0 Å². The molecule has 14 heavy (non-hydrogen) atoms. The number of hydrogen-bond acceptors (Lipinski definition) is 5. The number of aromatic nitrogens is 2. The summed E-state index contributed by atoms with van der Waals surface area (Å²) in [6.07, 6.45) is 2.32. The molecule has 1 amide bonds. The Morgan fingerprint density at radius 3 is 3.14 bits per heavy atom. The van der Waals surface area contributed by atoms with Crippen LogP contribution in [0.4, 0.5) is 10.6 Å². The number of amides is 1. The van der Waals surface area contributed by atoms with Crippen LogP contribution >= 0.6 is 0 Å². The van der Waals surface area contributed by atoms with Gasteiger partial charge in [-0.2, -0.15) is 0 Å². The predicted molar refractivity (Wildman–Crippen MR) is 48.7 cm³/mol. The highest BCUT2D eigenvalue weighted by Gasteiger charge is 2.31. The molecule has 2 rings (SSSR count). The van der Waals surface area contributed by atoms with Crippen LogP contribution in [0.3, 0.4) is 0 Å². The number of ether oxygens (including phenoxy) is 1. The first-order valence-electron chi connectivity index (χ1n) is 4.25. The number of carbonyl (C=O) groups excluding carboxylic acids is 1. The molecule has 0 aliphatic carbocycles. The summed E-state index contributed by atoms with van der Waals surface area (Å²) in [5.74, 6) is 0.543. The molecule has 0 aromatic carbocycles. The lowest BCUT2D eigenvalue weighted by Gasteiger charge is -2.09. The zero-order valence-corrected chi connectivity index (χ0v) is 7.46. The minimum absolute atomic E-state index is 0.238. The number of carbonyl (C=O) groups is 1. The van der Waals surface area contributed by atoms with Crippen molar-refractivity contribution in [2.24, 2.45) is 5.73 Å². The fourth-order valence-corrected chi connectivity index (χ4v) is 1.27. The highest BCUT2D eigenvalue weighted by molar-refractivity contribution is 5.88. The third kappa shape index (κ3) is 1.51. The van der Waals surface area contributed by atoms with Crippen molar-refractivity contribution >= 4 is 11.9 Å². The number of nitrogens with two attached hydrogens (primary N) is 1. The van der Waals surface area contributed by atoms with Crippen LogP contribution in [-0.2, 0) is 4.74 Å². The summed E-state index contributed by atoms with van der Waals surface area (Å²) >= 11 is 0. The number of anilines is 1. The maximum atomic E-state index is 11.3. The molecule has 6 heteroatoms. The molecule has 74 valence electrons. The van der Waals surface area contributed by atoms with Crippen LogP contribution in [-0.4, -0.2) is 35.3 Å². The summed E-state index contributed by atoms with van der Waals surface area (Å²) in [6, 6.07) is 1.65. The van der Waals surface area contributed by atoms with Crippen molar-refractivity contribution in [1.29, 1.82) is 0 Å². The van der Waals surface area contributed by atoms with Crippen molar-refractivity contribution in [2.45, 2.75) is 6.10 Å². The van der Waals surface area contributed by atoms with Gasteiger partial charge >= 0.3 is 6.09 Å². The van der Waals surface area contributed by atoms with Crippen molar-refractivity contribution < 1.29 is 9.53 Å². The van der Waals surface area contributed by atoms with E-state index in [2.05, 4.69) is 9.97 Å². The van der Waals surface area contributed by atoms with Gasteiger partial charge in [-0.1, -0.05) is 0 Å². The molecule has 1 atom stereocenters. The van der Waals surface area contributed by atoms with Crippen LogP contribution in [0.2, 0.25) is 0 Å². The van der Waals surface area contributed by atoms with Crippen molar-refractivity contribution in [3.8, 4) is 0 Å². The van der Waals surface area contributed by atoms with Gasteiger partial charge in [-0.05, 0) is 6.07 Å². The minimum Gasteiger partial charge on any atom is -0.443 e. The number of nitrogens with zero attached hydrogens (tertiary/aromatic N) is 3. The highest BCUT2D eigenvalue weighted by Crippen LogP contribution is 2.17. The van der Waals surface area contributed by atoms with Gasteiger partial charge in [0.25, 0.3) is 0 Å². The second-order valence-corrected chi connectivity index (χ2v) is 2.92. The summed E-state index contributed by atoms with van der Waals surface area (Å²) in [6.45, 7) is 0.777. The standard InChI is InChI=1S/C8H10N4O2/c9-3-6-4-12(8(13)14-6)7-1-2-10-5-11-7/h1-2,5-6H,3-4,9H2. The molecular weight excluding hydrogens is 184 g/mol. The molecule has 1 saturated heterocycles. The summed E-state index contributed by atoms with van der Waals surface area (Å²) in [5, 5.41) is 0. The molecule has 1 aromatic heterocycles. The van der Waals surface area contributed by atoms with Crippen LogP contribution in [0.5, 0.6) is 0 Å². The van der Waals surface area contributed by atoms with Crippen molar-refractivity contribution in [2.75, 3.05) is 18.0 Å². The van der Waals surface area contributed by atoms with E-state index in [0.29, 0.717) is 18.9 Å². The van der Waals surface area contributed by atoms with Gasteiger partial charge < -0.3 is 10.5 Å². The average molecular weight is 194 g/mol. The number of rotatable bonds is 2. The monoisotopic (exact) mass is 194 g/mol. The first kappa shape index (κ1) is 8.89. The topological polar surface area (TPSA) is 81.3 Å². The van der Waals surface area contributed by atoms with E-state index >= 15 is 0 Å². The first-order valence-corrected chi connectivity index (χ1v) is 4.25. The fourth-order valence-electron chi connectivity index (χ4n) is 1.27. The Hall–Kier alpha value is -1.69. The lowest BCUT2D eigenvalue weighted by atomic mass is 10.3. The summed E-state index contributed by atoms with van der Waals surface area (Å²) in [4.78, 5) is 20.5. The van der Waals surface area contributed by atoms with Crippen molar-refractivity contribution in [1.82, 2.24) is 9.97 Å². The van der Waals surface area contributed by atoms with Gasteiger partial charge in [0.2, 0.25) is 0 Å². The molecule has 1 aliphatic rings. The van der Waals surface area contributed by atoms with Crippen LogP contribution in [0.1, 0.15) is 0 Å². The second-order valence-electron chi connectivity index (χ2n) is 2.92. The van der Waals surface area contributed by atoms with E-state index in [-0.39, 0.29) is 6.10 Å². The number of cyclic esters (lactones) is 1. The molecule has 2 N–H and O–H groups in total. The molecule has 6 nitrogen and oxygen atoms in total. The normalized spacial score (nSPS) is 21.1.